The zero-order valence-corrected chi connectivity index (χ0v) is 27.4. The van der Waals surface area contributed by atoms with Gasteiger partial charge in [-0.1, -0.05) is 0 Å². The van der Waals surface area contributed by atoms with Crippen molar-refractivity contribution in [2.45, 2.75) is 72.6 Å². The molecule has 0 aromatic heterocycles. The summed E-state index contributed by atoms with van der Waals surface area (Å²) in [7, 11) is 0. The van der Waals surface area contributed by atoms with Crippen LogP contribution in [0.2, 0.25) is 0 Å². The first-order chi connectivity index (χ1) is 24.1. The number of rotatable bonds is 9. The van der Waals surface area contributed by atoms with E-state index in [4.69, 9.17) is 15.3 Å². The quantitative estimate of drug-likeness (QED) is 0.121. The van der Waals surface area contributed by atoms with E-state index in [0.717, 1.165) is 0 Å². The minimum Gasteiger partial charge on any atom is -0.504 e. The van der Waals surface area contributed by atoms with Gasteiger partial charge in [-0.3, -0.25) is 14.4 Å². The normalized spacial score (nSPS) is 15.3. The van der Waals surface area contributed by atoms with Crippen LogP contribution < -0.4 is 0 Å². The zero-order valence-electron chi connectivity index (χ0n) is 25.0. The van der Waals surface area contributed by atoms with Gasteiger partial charge >= 0.3 is 72.6 Å². The number of hydrogen-bond acceptors (Lipinski definition) is 6. The summed E-state index contributed by atoms with van der Waals surface area (Å²) in [5.74, 6) is -59.9. The maximum absolute atomic E-state index is 12.5. The minimum absolute atomic E-state index is 0. The molecule has 0 aliphatic rings. The first kappa shape index (κ1) is 61.8. The fourth-order valence-electron chi connectivity index (χ4n) is 1.89. The second kappa shape index (κ2) is 18.8. The number of halogens is 30. The Morgan fingerprint density at radius 3 is 0.500 bits per heavy atom. The Balaban J connectivity index is -0.000000374. The molecule has 0 saturated heterocycles. The molecule has 6 nitrogen and oxygen atoms in total. The number of allylic oxidation sites excluding steroid dienone is 6. The minimum atomic E-state index is -6.89. The number of ketones is 3. The summed E-state index contributed by atoms with van der Waals surface area (Å²) in [6, 6.07) is 0. The number of alkyl halides is 30. The molecule has 0 bridgehead atoms. The van der Waals surface area contributed by atoms with Crippen LogP contribution in [0.25, 0.3) is 0 Å². The molecule has 0 rings (SSSR count). The molecular weight excluding hydrogens is 1070 g/mol. The summed E-state index contributed by atoms with van der Waals surface area (Å²) in [6.45, 7) is 0. The standard InChI is InChI=1S/3C7H2F10O2.Eu/c3*8-4(9,6(13,14)7(15,16)17)2(18)1-3(19)5(10,11)12;/h3*1,19H;. The van der Waals surface area contributed by atoms with Crippen LogP contribution in [-0.4, -0.2) is 105 Å². The van der Waals surface area contributed by atoms with Gasteiger partial charge in [0.2, 0.25) is 34.6 Å². The fourth-order valence-corrected chi connectivity index (χ4v) is 1.89. The van der Waals surface area contributed by atoms with Crippen LogP contribution in [0.4, 0.5) is 132 Å². The maximum atomic E-state index is 12.5. The Kier molecular flexibility index (Phi) is 20.0. The Hall–Kier alpha value is -2.89. The zero-order chi connectivity index (χ0) is 47.6. The van der Waals surface area contributed by atoms with Crippen LogP contribution >= 0.6 is 0 Å². The van der Waals surface area contributed by atoms with Crippen molar-refractivity contribution in [2.24, 2.45) is 0 Å². The van der Waals surface area contributed by atoms with Crippen molar-refractivity contribution in [1.29, 1.82) is 0 Å². The van der Waals surface area contributed by atoms with Gasteiger partial charge in [0.15, 0.2) is 0 Å². The number of carbonyl (C=O) groups is 3. The van der Waals surface area contributed by atoms with Crippen molar-refractivity contribution in [3.05, 3.63) is 35.5 Å². The first-order valence-electron chi connectivity index (χ1n) is 11.7. The van der Waals surface area contributed by atoms with E-state index in [-0.39, 0.29) is 49.4 Å². The summed E-state index contributed by atoms with van der Waals surface area (Å²) < 4.78 is 357. The third-order valence-electron chi connectivity index (χ3n) is 4.85. The molecule has 0 aliphatic heterocycles. The van der Waals surface area contributed by atoms with Crippen LogP contribution in [0.5, 0.6) is 0 Å². The van der Waals surface area contributed by atoms with Crippen LogP contribution in [0.15, 0.2) is 35.5 Å². The van der Waals surface area contributed by atoms with Crippen LogP contribution in [0.3, 0.4) is 0 Å². The third-order valence-corrected chi connectivity index (χ3v) is 4.85. The van der Waals surface area contributed by atoms with Crippen molar-refractivity contribution in [2.75, 3.05) is 0 Å². The van der Waals surface area contributed by atoms with Crippen molar-refractivity contribution in [3.8, 4) is 0 Å². The molecule has 37 heteroatoms. The monoisotopic (exact) mass is 1080 g/mol. The second-order valence-corrected chi connectivity index (χ2v) is 9.11. The van der Waals surface area contributed by atoms with Gasteiger partial charge in [-0.15, -0.1) is 0 Å². The van der Waals surface area contributed by atoms with E-state index >= 15 is 0 Å². The molecule has 1 radical (unpaired) electrons. The molecule has 0 spiro atoms. The van der Waals surface area contributed by atoms with Gasteiger partial charge in [0.25, 0.3) is 0 Å². The van der Waals surface area contributed by atoms with Crippen molar-refractivity contribution in [1.82, 2.24) is 0 Å². The molecule has 0 aromatic rings. The molecule has 0 atom stereocenters. The molecule has 0 aliphatic carbocycles. The summed E-state index contributed by atoms with van der Waals surface area (Å²) in [6.07, 6.45) is -42.2. The summed E-state index contributed by atoms with van der Waals surface area (Å²) in [5.41, 5.74) is 0. The van der Waals surface area contributed by atoms with Crippen molar-refractivity contribution >= 4 is 17.3 Å². The average molecular weight is 1080 g/mol. The van der Waals surface area contributed by atoms with Gasteiger partial charge in [-0.05, 0) is 0 Å². The number of aliphatic hydroxyl groups is 3. The van der Waals surface area contributed by atoms with E-state index in [9.17, 15) is 146 Å². The molecule has 0 saturated carbocycles. The molecule has 3 N–H and O–H groups in total. The van der Waals surface area contributed by atoms with Crippen LogP contribution in [-0.2, 0) is 14.4 Å². The molecule has 0 unspecified atom stereocenters. The van der Waals surface area contributed by atoms with E-state index < -0.39 is 125 Å². The number of aliphatic hydroxyl groups excluding tert-OH is 3. The molecule has 0 amide bonds. The van der Waals surface area contributed by atoms with Crippen molar-refractivity contribution in [3.63, 3.8) is 0 Å². The molecular formula is C21H6EuF30O6. The van der Waals surface area contributed by atoms with Gasteiger partial charge in [0.1, 0.15) is 0 Å². The van der Waals surface area contributed by atoms with E-state index in [1.54, 1.807) is 0 Å². The first-order valence-corrected chi connectivity index (χ1v) is 11.7. The van der Waals surface area contributed by atoms with Gasteiger partial charge in [0.05, 0.1) is 0 Å². The van der Waals surface area contributed by atoms with Gasteiger partial charge in [-0.25, -0.2) is 0 Å². The summed E-state index contributed by atoms with van der Waals surface area (Å²) in [4.78, 5) is 31.0. The molecule has 0 aromatic carbocycles. The Labute approximate surface area is 335 Å². The molecule has 0 fully saturated rings. The summed E-state index contributed by atoms with van der Waals surface area (Å²) in [5, 5.41) is 24.1. The number of hydrogen-bond donors (Lipinski definition) is 3. The topological polar surface area (TPSA) is 112 Å². The largest absolute Gasteiger partial charge is 0.504 e. The molecule has 343 valence electrons. The molecule has 0 heterocycles. The SMILES string of the molecule is O=C(C=C(O)C(F)(F)F)C(F)(F)C(F)(F)C(F)(F)F.O=C(C=C(O)C(F)(F)F)C(F)(F)C(F)(F)C(F)(F)F.O=C(C=C(O)C(F)(F)F)C(F)(F)C(F)(F)C(F)(F)F.[Eu]. The Bertz CT molecular complexity index is 1350. The van der Waals surface area contributed by atoms with Crippen LogP contribution in [0, 0.1) is 49.4 Å². The molecule has 58 heavy (non-hydrogen) atoms. The number of carbonyl (C=O) groups excluding carboxylic acids is 3. The maximum Gasteiger partial charge on any atom is 0.460 e. The van der Waals surface area contributed by atoms with E-state index in [0.29, 0.717) is 0 Å². The third kappa shape index (κ3) is 14.7. The van der Waals surface area contributed by atoms with Crippen LogP contribution in [0.1, 0.15) is 0 Å². The van der Waals surface area contributed by atoms with E-state index in [2.05, 4.69) is 0 Å². The Morgan fingerprint density at radius 2 is 0.414 bits per heavy atom. The second-order valence-electron chi connectivity index (χ2n) is 9.11. The smallest absolute Gasteiger partial charge is 0.460 e. The van der Waals surface area contributed by atoms with E-state index in [1.807, 2.05) is 0 Å². The fraction of sp³-hybridized carbons (Fsp3) is 0.571. The van der Waals surface area contributed by atoms with Gasteiger partial charge < -0.3 is 15.3 Å². The van der Waals surface area contributed by atoms with E-state index in [1.165, 1.54) is 0 Å². The summed E-state index contributed by atoms with van der Waals surface area (Å²) >= 11 is 0. The van der Waals surface area contributed by atoms with Gasteiger partial charge in [-0.2, -0.15) is 132 Å². The average Bonchev–Trinajstić information content (AvgIpc) is 2.93. The Morgan fingerprint density at radius 1 is 0.293 bits per heavy atom. The predicted octanol–water partition coefficient (Wildman–Crippen LogP) is 10.2. The van der Waals surface area contributed by atoms with Crippen molar-refractivity contribution < 1.29 is 211 Å². The van der Waals surface area contributed by atoms with Gasteiger partial charge in [0, 0.05) is 67.6 Å². The predicted molar refractivity (Wildman–Crippen MR) is 113 cm³/mol.